The van der Waals surface area contributed by atoms with Crippen molar-refractivity contribution in [3.63, 3.8) is 0 Å². The van der Waals surface area contributed by atoms with E-state index < -0.39 is 21.2 Å². The third-order valence-corrected chi connectivity index (χ3v) is 8.45. The first kappa shape index (κ1) is 31.4. The lowest BCUT2D eigenvalue weighted by atomic mass is 9.78. The molecule has 0 saturated heterocycles. The molecule has 0 bridgehead atoms. The molecule has 0 spiro atoms. The monoisotopic (exact) mass is 591 g/mol. The van der Waals surface area contributed by atoms with Gasteiger partial charge in [-0.1, -0.05) is 44.2 Å². The summed E-state index contributed by atoms with van der Waals surface area (Å²) in [6.07, 6.45) is 0.581. The molecule has 2 N–H and O–H groups in total. The zero-order valence-corrected chi connectivity index (χ0v) is 24.8. The maximum Gasteiger partial charge on any atom is 0.310 e. The maximum absolute atomic E-state index is 12.8. The molecule has 3 aromatic carbocycles. The molecule has 0 amide bonds. The Balaban J connectivity index is 1.62. The van der Waals surface area contributed by atoms with Gasteiger partial charge < -0.3 is 28.2 Å². The van der Waals surface area contributed by atoms with Crippen LogP contribution in [-0.2, 0) is 33.0 Å². The second-order valence-corrected chi connectivity index (χ2v) is 12.6. The van der Waals surface area contributed by atoms with Crippen molar-refractivity contribution in [2.24, 2.45) is 0 Å². The second kappa shape index (κ2) is 14.0. The molecule has 3 rings (SSSR count). The summed E-state index contributed by atoms with van der Waals surface area (Å²) < 4.78 is 62.1. The first-order valence-corrected chi connectivity index (χ1v) is 15.6. The summed E-state index contributed by atoms with van der Waals surface area (Å²) >= 11 is -2.00. The number of hydrogen-bond donors (Lipinski definition) is 2. The van der Waals surface area contributed by atoms with Crippen LogP contribution < -0.4 is 13.7 Å². The summed E-state index contributed by atoms with van der Waals surface area (Å²) in [5, 5.41) is 9.58. The van der Waals surface area contributed by atoms with E-state index >= 15 is 0 Å². The summed E-state index contributed by atoms with van der Waals surface area (Å²) in [6, 6.07) is 19.4. The van der Waals surface area contributed by atoms with Crippen LogP contribution in [0.4, 0.5) is 0 Å². The number of methoxy groups -OCH3 is 2. The van der Waals surface area contributed by atoms with E-state index in [1.165, 1.54) is 0 Å². The first-order chi connectivity index (χ1) is 18.9. The predicted molar refractivity (Wildman–Crippen MR) is 156 cm³/mol. The van der Waals surface area contributed by atoms with Gasteiger partial charge in [0.15, 0.2) is 22.6 Å². The lowest BCUT2D eigenvalue weighted by Gasteiger charge is -2.26. The Labute approximate surface area is 239 Å². The minimum Gasteiger partial charge on any atom is -0.508 e. The molecule has 0 aliphatic carbocycles. The van der Waals surface area contributed by atoms with Crippen molar-refractivity contribution in [3.8, 4) is 23.0 Å². The van der Waals surface area contributed by atoms with Gasteiger partial charge in [-0.05, 0) is 59.5 Å². The third kappa shape index (κ3) is 8.95. The van der Waals surface area contributed by atoms with E-state index in [1.807, 2.05) is 55.1 Å². The summed E-state index contributed by atoms with van der Waals surface area (Å²) in [4.78, 5) is 1.83. The van der Waals surface area contributed by atoms with Crippen LogP contribution >= 0.6 is 0 Å². The van der Waals surface area contributed by atoms with Crippen LogP contribution in [0.15, 0.2) is 66.7 Å². The highest BCUT2D eigenvalue weighted by Gasteiger charge is 2.24. The van der Waals surface area contributed by atoms with E-state index in [2.05, 4.69) is 0 Å². The van der Waals surface area contributed by atoms with Gasteiger partial charge >= 0.3 is 10.1 Å². The molecule has 9 nitrogen and oxygen atoms in total. The van der Waals surface area contributed by atoms with Crippen molar-refractivity contribution in [3.05, 3.63) is 83.4 Å². The van der Waals surface area contributed by atoms with Crippen LogP contribution in [0, 0.1) is 0 Å². The highest BCUT2D eigenvalue weighted by atomic mass is 32.2. The summed E-state index contributed by atoms with van der Waals surface area (Å²) in [5.74, 6) is 1.33. The number of rotatable bonds is 15. The molecule has 218 valence electrons. The molecular weight excluding hydrogens is 554 g/mol. The lowest BCUT2D eigenvalue weighted by Crippen LogP contribution is -2.35. The van der Waals surface area contributed by atoms with E-state index in [1.54, 1.807) is 44.6 Å². The highest BCUT2D eigenvalue weighted by Crippen LogP contribution is 2.33. The van der Waals surface area contributed by atoms with E-state index in [9.17, 15) is 22.3 Å². The van der Waals surface area contributed by atoms with Crippen LogP contribution in [0.5, 0.6) is 23.0 Å². The van der Waals surface area contributed by atoms with Crippen molar-refractivity contribution in [2.45, 2.75) is 25.7 Å². The van der Waals surface area contributed by atoms with Crippen molar-refractivity contribution >= 4 is 21.2 Å². The van der Waals surface area contributed by atoms with Crippen LogP contribution in [0.2, 0.25) is 0 Å². The molecule has 40 heavy (non-hydrogen) atoms. The standard InChI is InChI=1S/C29H37NO8S2/c1-29(2,23-6-10-25(31)11-7-23)24-8-12-26(13-9-24)38-40(34,35)20-18-30(17-19-39(32)33)16-15-22-5-14-27(36-3)28(21-22)37-4/h5-14,21,31H,15-20H2,1-4H3,(H,32,33). The molecule has 0 aliphatic heterocycles. The van der Waals surface area contributed by atoms with Crippen molar-refractivity contribution < 1.29 is 35.9 Å². The minimum absolute atomic E-state index is 0.00508. The van der Waals surface area contributed by atoms with Gasteiger partial charge in [0, 0.05) is 25.0 Å². The Hall–Kier alpha value is -3.12. The van der Waals surface area contributed by atoms with Gasteiger partial charge in [0.25, 0.3) is 0 Å². The molecule has 11 heteroatoms. The van der Waals surface area contributed by atoms with Crippen LogP contribution in [0.25, 0.3) is 0 Å². The summed E-state index contributed by atoms with van der Waals surface area (Å²) in [7, 11) is -0.806. The normalized spacial score (nSPS) is 12.8. The third-order valence-electron chi connectivity index (χ3n) is 6.79. The number of phenolic OH excluding ortho intramolecular Hbond substituents is 1. The fraction of sp³-hybridized carbons (Fsp3) is 0.379. The average Bonchev–Trinajstić information content (AvgIpc) is 2.92. The van der Waals surface area contributed by atoms with Crippen molar-refractivity contribution in [2.75, 3.05) is 45.4 Å². The quantitative estimate of drug-likeness (QED) is 0.198. The Morgan fingerprint density at radius 2 is 1.45 bits per heavy atom. The number of hydrogen-bond acceptors (Lipinski definition) is 8. The molecule has 0 heterocycles. The molecule has 1 unspecified atom stereocenters. The van der Waals surface area contributed by atoms with E-state index in [4.69, 9.17) is 13.7 Å². The van der Waals surface area contributed by atoms with E-state index in [0.717, 1.165) is 16.7 Å². The molecule has 0 fully saturated rings. The van der Waals surface area contributed by atoms with E-state index in [0.29, 0.717) is 24.5 Å². The van der Waals surface area contributed by atoms with Crippen LogP contribution in [0.1, 0.15) is 30.5 Å². The molecule has 0 aliphatic rings. The number of benzene rings is 3. The molecule has 0 aromatic heterocycles. The largest absolute Gasteiger partial charge is 0.508 e. The average molecular weight is 592 g/mol. The highest BCUT2D eigenvalue weighted by molar-refractivity contribution is 7.87. The van der Waals surface area contributed by atoms with E-state index in [-0.39, 0.29) is 41.5 Å². The van der Waals surface area contributed by atoms with Gasteiger partial charge in [-0.15, -0.1) is 0 Å². The Bertz CT molecular complexity index is 1370. The smallest absolute Gasteiger partial charge is 0.310 e. The van der Waals surface area contributed by atoms with Crippen LogP contribution in [-0.4, -0.2) is 72.5 Å². The fourth-order valence-electron chi connectivity index (χ4n) is 4.27. The van der Waals surface area contributed by atoms with Crippen LogP contribution in [0.3, 0.4) is 0 Å². The Kier molecular flexibility index (Phi) is 11.0. The lowest BCUT2D eigenvalue weighted by molar-refractivity contribution is 0.306. The van der Waals surface area contributed by atoms with Gasteiger partial charge in [0.2, 0.25) is 0 Å². The molecule has 0 saturated carbocycles. The van der Waals surface area contributed by atoms with Crippen molar-refractivity contribution in [1.82, 2.24) is 4.90 Å². The SMILES string of the molecule is COc1ccc(CCN(CCS(=O)O)CCS(=O)(=O)Oc2ccc(C(C)(C)c3ccc(O)cc3)cc2)cc1OC. The Morgan fingerprint density at radius 3 is 2.02 bits per heavy atom. The number of nitrogens with zero attached hydrogens (tertiary/aromatic N) is 1. The number of ether oxygens (including phenoxy) is 2. The van der Waals surface area contributed by atoms with Gasteiger partial charge in [0.1, 0.15) is 11.5 Å². The molecule has 0 radical (unpaired) electrons. The number of aromatic hydroxyl groups is 1. The number of phenols is 1. The topological polar surface area (TPSA) is 123 Å². The van der Waals surface area contributed by atoms with Crippen molar-refractivity contribution in [1.29, 1.82) is 0 Å². The maximum atomic E-state index is 12.8. The van der Waals surface area contributed by atoms with Gasteiger partial charge in [0.05, 0.1) is 25.7 Å². The summed E-state index contributed by atoms with van der Waals surface area (Å²) in [5.41, 5.74) is 2.55. The molecule has 3 aromatic rings. The fourth-order valence-corrected chi connectivity index (χ4v) is 5.65. The first-order valence-electron chi connectivity index (χ1n) is 12.8. The van der Waals surface area contributed by atoms with Gasteiger partial charge in [-0.3, -0.25) is 0 Å². The predicted octanol–water partition coefficient (Wildman–Crippen LogP) is 4.21. The molecular formula is C29H37NO8S2. The zero-order chi connectivity index (χ0) is 29.3. The Morgan fingerprint density at radius 1 is 0.850 bits per heavy atom. The minimum atomic E-state index is -3.92. The summed E-state index contributed by atoms with van der Waals surface area (Å²) in [6.45, 7) is 4.96. The van der Waals surface area contributed by atoms with Gasteiger partial charge in [-0.25, -0.2) is 4.21 Å². The molecule has 1 atom stereocenters. The van der Waals surface area contributed by atoms with Gasteiger partial charge in [-0.2, -0.15) is 8.42 Å². The second-order valence-electron chi connectivity index (χ2n) is 9.85. The zero-order valence-electron chi connectivity index (χ0n) is 23.2.